The molecule has 31 heavy (non-hydrogen) atoms. The summed E-state index contributed by atoms with van der Waals surface area (Å²) in [5.74, 6) is 0.281. The van der Waals surface area contributed by atoms with Gasteiger partial charge in [-0.05, 0) is 30.0 Å². The number of benzene rings is 2. The van der Waals surface area contributed by atoms with Crippen molar-refractivity contribution in [2.24, 2.45) is 0 Å². The highest BCUT2D eigenvalue weighted by Gasteiger charge is 2.18. The van der Waals surface area contributed by atoms with Crippen LogP contribution in [-0.2, 0) is 19.5 Å². The van der Waals surface area contributed by atoms with Crippen LogP contribution in [0.4, 0.5) is 4.79 Å². The SMILES string of the molecule is CCCCn1c(Cl)c(CCC)n(Cc2ccc(-c3ccccc3OC(=O)O)cc2)c1=O. The number of para-hydroxylation sites is 1. The predicted octanol–water partition coefficient (Wildman–Crippen LogP) is 5.83. The van der Waals surface area contributed by atoms with E-state index in [0.29, 0.717) is 23.8 Å². The van der Waals surface area contributed by atoms with Gasteiger partial charge in [-0.3, -0.25) is 9.13 Å². The van der Waals surface area contributed by atoms with E-state index in [4.69, 9.17) is 21.4 Å². The van der Waals surface area contributed by atoms with Gasteiger partial charge in [0.25, 0.3) is 0 Å². The van der Waals surface area contributed by atoms with E-state index in [9.17, 15) is 9.59 Å². The van der Waals surface area contributed by atoms with Crippen LogP contribution in [0.3, 0.4) is 0 Å². The first kappa shape index (κ1) is 22.7. The fourth-order valence-corrected chi connectivity index (χ4v) is 3.97. The van der Waals surface area contributed by atoms with Crippen molar-refractivity contribution < 1.29 is 14.6 Å². The first-order valence-electron chi connectivity index (χ1n) is 10.5. The lowest BCUT2D eigenvalue weighted by atomic mass is 10.0. The Balaban J connectivity index is 1.90. The van der Waals surface area contributed by atoms with Crippen LogP contribution < -0.4 is 10.4 Å². The van der Waals surface area contributed by atoms with E-state index in [0.717, 1.165) is 42.5 Å². The van der Waals surface area contributed by atoms with Gasteiger partial charge in [0.15, 0.2) is 0 Å². The third kappa shape index (κ3) is 5.20. The molecule has 0 spiro atoms. The summed E-state index contributed by atoms with van der Waals surface area (Å²) in [7, 11) is 0. The summed E-state index contributed by atoms with van der Waals surface area (Å²) >= 11 is 6.56. The van der Waals surface area contributed by atoms with Crippen molar-refractivity contribution >= 4 is 17.8 Å². The molecule has 0 bridgehead atoms. The summed E-state index contributed by atoms with van der Waals surface area (Å²) in [5, 5.41) is 9.49. The summed E-state index contributed by atoms with van der Waals surface area (Å²) in [4.78, 5) is 24.0. The molecule has 1 heterocycles. The van der Waals surface area contributed by atoms with Crippen LogP contribution in [0, 0.1) is 0 Å². The van der Waals surface area contributed by atoms with Gasteiger partial charge in [0.1, 0.15) is 10.9 Å². The highest BCUT2D eigenvalue weighted by Crippen LogP contribution is 2.30. The van der Waals surface area contributed by atoms with Crippen molar-refractivity contribution in [3.63, 3.8) is 0 Å². The monoisotopic (exact) mass is 442 g/mol. The fraction of sp³-hybridized carbons (Fsp3) is 0.333. The molecular weight excluding hydrogens is 416 g/mol. The molecule has 164 valence electrons. The molecule has 3 rings (SSSR count). The summed E-state index contributed by atoms with van der Waals surface area (Å²) in [6, 6.07) is 14.7. The largest absolute Gasteiger partial charge is 0.511 e. The molecule has 0 atom stereocenters. The second-order valence-electron chi connectivity index (χ2n) is 7.42. The number of halogens is 1. The van der Waals surface area contributed by atoms with Crippen LogP contribution in [0.15, 0.2) is 53.3 Å². The molecule has 0 unspecified atom stereocenters. The summed E-state index contributed by atoms with van der Waals surface area (Å²) in [6.07, 6.45) is 2.19. The zero-order valence-electron chi connectivity index (χ0n) is 17.8. The number of imidazole rings is 1. The van der Waals surface area contributed by atoms with Crippen molar-refractivity contribution in [1.29, 1.82) is 0 Å². The van der Waals surface area contributed by atoms with Gasteiger partial charge in [-0.15, -0.1) is 0 Å². The Kier molecular flexibility index (Phi) is 7.58. The topological polar surface area (TPSA) is 73.5 Å². The van der Waals surface area contributed by atoms with Crippen LogP contribution in [0.1, 0.15) is 44.4 Å². The minimum absolute atomic E-state index is 0.0776. The molecule has 0 saturated heterocycles. The molecule has 0 aliphatic carbocycles. The van der Waals surface area contributed by atoms with Gasteiger partial charge in [0.05, 0.1) is 12.2 Å². The number of carboxylic acid groups (broad SMARTS) is 1. The molecule has 0 amide bonds. The molecule has 2 aromatic carbocycles. The smallest absolute Gasteiger partial charge is 0.449 e. The van der Waals surface area contributed by atoms with Crippen LogP contribution in [-0.4, -0.2) is 20.4 Å². The Hall–Kier alpha value is -2.99. The minimum Gasteiger partial charge on any atom is -0.449 e. The number of aromatic nitrogens is 2. The van der Waals surface area contributed by atoms with E-state index in [2.05, 4.69) is 13.8 Å². The van der Waals surface area contributed by atoms with E-state index in [1.807, 2.05) is 36.4 Å². The quantitative estimate of drug-likeness (QED) is 0.334. The molecule has 1 N–H and O–H groups in total. The molecule has 1 aromatic heterocycles. The van der Waals surface area contributed by atoms with Gasteiger partial charge in [0, 0.05) is 12.1 Å². The van der Waals surface area contributed by atoms with Crippen molar-refractivity contribution in [2.75, 3.05) is 0 Å². The summed E-state index contributed by atoms with van der Waals surface area (Å²) in [6.45, 7) is 5.21. The van der Waals surface area contributed by atoms with Crippen molar-refractivity contribution in [3.05, 3.63) is 75.4 Å². The lowest BCUT2D eigenvalue weighted by Gasteiger charge is -2.10. The van der Waals surface area contributed by atoms with E-state index >= 15 is 0 Å². The maximum absolute atomic E-state index is 13.0. The van der Waals surface area contributed by atoms with Crippen LogP contribution in [0.5, 0.6) is 5.75 Å². The highest BCUT2D eigenvalue weighted by atomic mass is 35.5. The predicted molar refractivity (Wildman–Crippen MR) is 122 cm³/mol. The number of nitrogens with zero attached hydrogens (tertiary/aromatic N) is 2. The molecule has 7 heteroatoms. The average Bonchev–Trinajstić information content (AvgIpc) is 2.97. The lowest BCUT2D eigenvalue weighted by Crippen LogP contribution is -2.25. The Morgan fingerprint density at radius 2 is 1.74 bits per heavy atom. The number of hydrogen-bond acceptors (Lipinski definition) is 3. The van der Waals surface area contributed by atoms with Crippen LogP contribution >= 0.6 is 11.6 Å². The molecule has 0 radical (unpaired) electrons. The standard InChI is InChI=1S/C24H27ClN2O4/c1-3-5-15-26-22(25)20(8-4-2)27(23(26)28)16-17-11-13-18(14-12-17)19-9-6-7-10-21(19)31-24(29)30/h6-7,9-14H,3-5,8,15-16H2,1-2H3,(H,29,30). The maximum Gasteiger partial charge on any atom is 0.511 e. The Bertz CT molecular complexity index is 1100. The first-order chi connectivity index (χ1) is 15.0. The number of unbranched alkanes of at least 4 members (excludes halogenated alkanes) is 1. The third-order valence-corrected chi connectivity index (χ3v) is 5.60. The number of rotatable bonds is 9. The van der Waals surface area contributed by atoms with Gasteiger partial charge >= 0.3 is 11.8 Å². The van der Waals surface area contributed by atoms with E-state index in [1.54, 1.807) is 21.3 Å². The Labute approximate surface area is 186 Å². The van der Waals surface area contributed by atoms with Crippen LogP contribution in [0.25, 0.3) is 11.1 Å². The molecule has 3 aromatic rings. The highest BCUT2D eigenvalue weighted by molar-refractivity contribution is 6.30. The van der Waals surface area contributed by atoms with Gasteiger partial charge in [-0.1, -0.05) is 80.8 Å². The normalized spacial score (nSPS) is 10.9. The zero-order valence-corrected chi connectivity index (χ0v) is 18.6. The number of hydrogen-bond donors (Lipinski definition) is 1. The Morgan fingerprint density at radius 3 is 2.39 bits per heavy atom. The second-order valence-corrected chi connectivity index (χ2v) is 7.78. The molecule has 0 aliphatic rings. The second kappa shape index (κ2) is 10.4. The first-order valence-corrected chi connectivity index (χ1v) is 10.9. The summed E-state index contributed by atoms with van der Waals surface area (Å²) < 4.78 is 8.32. The minimum atomic E-state index is -1.35. The van der Waals surface area contributed by atoms with E-state index < -0.39 is 6.16 Å². The van der Waals surface area contributed by atoms with Gasteiger partial charge < -0.3 is 9.84 Å². The number of ether oxygens (including phenoxy) is 1. The van der Waals surface area contributed by atoms with Gasteiger partial charge in [0.2, 0.25) is 0 Å². The van der Waals surface area contributed by atoms with Crippen molar-refractivity contribution in [3.8, 4) is 16.9 Å². The molecule has 0 aliphatic heterocycles. The Morgan fingerprint density at radius 1 is 1.03 bits per heavy atom. The fourth-order valence-electron chi connectivity index (χ4n) is 3.62. The zero-order chi connectivity index (χ0) is 22.4. The number of carbonyl (C=O) groups is 1. The van der Waals surface area contributed by atoms with Gasteiger partial charge in [-0.2, -0.15) is 0 Å². The van der Waals surface area contributed by atoms with Gasteiger partial charge in [-0.25, -0.2) is 9.59 Å². The lowest BCUT2D eigenvalue weighted by molar-refractivity contribution is 0.144. The molecule has 6 nitrogen and oxygen atoms in total. The molecule has 0 saturated carbocycles. The van der Waals surface area contributed by atoms with Crippen LogP contribution in [0.2, 0.25) is 5.15 Å². The van der Waals surface area contributed by atoms with Crippen molar-refractivity contribution in [2.45, 2.75) is 52.6 Å². The van der Waals surface area contributed by atoms with Crippen molar-refractivity contribution in [1.82, 2.24) is 9.13 Å². The molecular formula is C24H27ClN2O4. The summed E-state index contributed by atoms with van der Waals surface area (Å²) in [5.41, 5.74) is 3.28. The average molecular weight is 443 g/mol. The molecule has 0 fully saturated rings. The van der Waals surface area contributed by atoms with E-state index in [-0.39, 0.29) is 11.4 Å². The maximum atomic E-state index is 13.0. The third-order valence-electron chi connectivity index (χ3n) is 5.17. The van der Waals surface area contributed by atoms with E-state index in [1.165, 1.54) is 0 Å².